The summed E-state index contributed by atoms with van der Waals surface area (Å²) in [7, 11) is -3.60. The van der Waals surface area contributed by atoms with Crippen LogP contribution in [0.15, 0.2) is 54.6 Å². The van der Waals surface area contributed by atoms with Gasteiger partial charge in [0.2, 0.25) is 15.9 Å². The molecule has 0 fully saturated rings. The van der Waals surface area contributed by atoms with Gasteiger partial charge in [0.15, 0.2) is 0 Å². The lowest BCUT2D eigenvalue weighted by atomic mass is 10.1. The summed E-state index contributed by atoms with van der Waals surface area (Å²) in [6.45, 7) is 4.88. The number of nitrogens with one attached hydrogen (secondary N) is 1. The van der Waals surface area contributed by atoms with Crippen LogP contribution in [0.3, 0.4) is 0 Å². The van der Waals surface area contributed by atoms with Crippen LogP contribution < -0.4 is 14.4 Å². The number of carbonyl (C=O) groups is 1. The Balaban J connectivity index is 1.94. The Morgan fingerprint density at radius 3 is 2.28 bits per heavy atom. The second-order valence-electron chi connectivity index (χ2n) is 6.79. The Hall–Kier alpha value is -2.54. The van der Waals surface area contributed by atoms with Crippen LogP contribution in [0.5, 0.6) is 5.75 Å². The molecule has 7 heteroatoms. The maximum atomic E-state index is 12.7. The molecule has 1 amide bonds. The van der Waals surface area contributed by atoms with Gasteiger partial charge in [-0.05, 0) is 56.0 Å². The summed E-state index contributed by atoms with van der Waals surface area (Å²) in [6.07, 6.45) is 3.09. The van der Waals surface area contributed by atoms with Gasteiger partial charge in [0, 0.05) is 6.54 Å². The van der Waals surface area contributed by atoms with Gasteiger partial charge in [0.25, 0.3) is 0 Å². The summed E-state index contributed by atoms with van der Waals surface area (Å²) in [5.41, 5.74) is 1.66. The largest absolute Gasteiger partial charge is 0.494 e. The van der Waals surface area contributed by atoms with Crippen molar-refractivity contribution in [3.05, 3.63) is 60.2 Å². The molecule has 1 N–H and O–H groups in total. The molecule has 6 nitrogen and oxygen atoms in total. The van der Waals surface area contributed by atoms with Crippen molar-refractivity contribution in [1.82, 2.24) is 5.32 Å². The number of para-hydroxylation sites is 1. The van der Waals surface area contributed by atoms with E-state index in [4.69, 9.17) is 4.74 Å². The van der Waals surface area contributed by atoms with Gasteiger partial charge in [-0.25, -0.2) is 8.42 Å². The predicted molar refractivity (Wildman–Crippen MR) is 117 cm³/mol. The van der Waals surface area contributed by atoms with Gasteiger partial charge in [0.05, 0.1) is 18.6 Å². The summed E-state index contributed by atoms with van der Waals surface area (Å²) in [5, 5.41) is 2.89. The monoisotopic (exact) mass is 418 g/mol. The van der Waals surface area contributed by atoms with Crippen molar-refractivity contribution >= 4 is 21.6 Å². The van der Waals surface area contributed by atoms with Crippen molar-refractivity contribution in [1.29, 1.82) is 0 Å². The van der Waals surface area contributed by atoms with Gasteiger partial charge in [-0.2, -0.15) is 0 Å². The number of hydrogen-bond acceptors (Lipinski definition) is 4. The molecule has 0 saturated heterocycles. The molecule has 2 aromatic rings. The molecular weight excluding hydrogens is 388 g/mol. The summed E-state index contributed by atoms with van der Waals surface area (Å²) >= 11 is 0. The van der Waals surface area contributed by atoms with Gasteiger partial charge in [-0.3, -0.25) is 9.10 Å². The van der Waals surface area contributed by atoms with E-state index in [2.05, 4.69) is 5.32 Å². The molecule has 158 valence electrons. The zero-order chi connectivity index (χ0) is 21.3. The van der Waals surface area contributed by atoms with Crippen LogP contribution in [0.1, 0.15) is 32.3 Å². The van der Waals surface area contributed by atoms with E-state index in [1.807, 2.05) is 44.2 Å². The third-order valence-electron chi connectivity index (χ3n) is 4.52. The lowest BCUT2D eigenvalue weighted by molar-refractivity contribution is -0.122. The topological polar surface area (TPSA) is 75.7 Å². The van der Waals surface area contributed by atoms with Crippen LogP contribution in [-0.2, 0) is 21.2 Å². The van der Waals surface area contributed by atoms with E-state index < -0.39 is 16.1 Å². The van der Waals surface area contributed by atoms with Crippen LogP contribution >= 0.6 is 0 Å². The van der Waals surface area contributed by atoms with Crippen molar-refractivity contribution < 1.29 is 17.9 Å². The van der Waals surface area contributed by atoms with Gasteiger partial charge < -0.3 is 10.1 Å². The zero-order valence-electron chi connectivity index (χ0n) is 17.3. The molecule has 0 aliphatic heterocycles. The Labute approximate surface area is 173 Å². The van der Waals surface area contributed by atoms with Crippen LogP contribution in [0.25, 0.3) is 0 Å². The molecule has 29 heavy (non-hydrogen) atoms. The first-order valence-corrected chi connectivity index (χ1v) is 11.8. The van der Waals surface area contributed by atoms with Crippen molar-refractivity contribution in [2.75, 3.05) is 23.7 Å². The van der Waals surface area contributed by atoms with Crippen molar-refractivity contribution in [2.24, 2.45) is 0 Å². The minimum atomic E-state index is -3.60. The normalized spacial score (nSPS) is 12.2. The molecule has 0 saturated carbocycles. The number of nitrogens with zero attached hydrogens (tertiary/aromatic N) is 1. The number of rotatable bonds is 11. The molecule has 0 heterocycles. The average Bonchev–Trinajstić information content (AvgIpc) is 2.70. The number of aryl methyl sites for hydroxylation is 1. The standard InChI is InChI=1S/C22H30N2O4S/c1-4-21(24(29(3,26)27)19-11-7-6-8-12-19)22(25)23-17-9-10-18-13-15-20(16-14-18)28-5-2/h6-8,11-16,21H,4-5,9-10,17H2,1-3H3,(H,23,25)/t21-/m0/s1. The second kappa shape index (κ2) is 10.9. The number of sulfonamides is 1. The molecule has 2 aromatic carbocycles. The first-order chi connectivity index (χ1) is 13.9. The van der Waals surface area contributed by atoms with Crippen molar-refractivity contribution in [3.8, 4) is 5.75 Å². The zero-order valence-corrected chi connectivity index (χ0v) is 18.1. The third kappa shape index (κ3) is 6.78. The highest BCUT2D eigenvalue weighted by Crippen LogP contribution is 2.22. The summed E-state index contributed by atoms with van der Waals surface area (Å²) in [5.74, 6) is 0.561. The maximum Gasteiger partial charge on any atom is 0.243 e. The Bertz CT molecular complexity index is 867. The molecule has 0 aliphatic rings. The number of amides is 1. The second-order valence-corrected chi connectivity index (χ2v) is 8.65. The van der Waals surface area contributed by atoms with Crippen LogP contribution in [-0.4, -0.2) is 39.8 Å². The number of anilines is 1. The number of carbonyl (C=O) groups excluding carboxylic acids is 1. The third-order valence-corrected chi connectivity index (χ3v) is 5.70. The molecular formula is C22H30N2O4S. The number of hydrogen-bond donors (Lipinski definition) is 1. The van der Waals surface area contributed by atoms with Gasteiger partial charge >= 0.3 is 0 Å². The minimum absolute atomic E-state index is 0.284. The number of benzene rings is 2. The van der Waals surface area contributed by atoms with E-state index in [-0.39, 0.29) is 5.91 Å². The Morgan fingerprint density at radius 2 is 1.72 bits per heavy atom. The van der Waals surface area contributed by atoms with Crippen LogP contribution in [0, 0.1) is 0 Å². The van der Waals surface area contributed by atoms with E-state index in [9.17, 15) is 13.2 Å². The van der Waals surface area contributed by atoms with Gasteiger partial charge in [-0.1, -0.05) is 37.3 Å². The average molecular weight is 419 g/mol. The highest BCUT2D eigenvalue weighted by atomic mass is 32.2. The smallest absolute Gasteiger partial charge is 0.243 e. The summed E-state index contributed by atoms with van der Waals surface area (Å²) in [6, 6.07) is 15.9. The van der Waals surface area contributed by atoms with E-state index in [0.717, 1.165) is 30.4 Å². The molecule has 0 spiro atoms. The lowest BCUT2D eigenvalue weighted by Crippen LogP contribution is -2.49. The predicted octanol–water partition coefficient (Wildman–Crippen LogP) is 3.38. The van der Waals surface area contributed by atoms with Gasteiger partial charge in [-0.15, -0.1) is 0 Å². The highest BCUT2D eigenvalue weighted by molar-refractivity contribution is 7.92. The van der Waals surface area contributed by atoms with E-state index in [1.54, 1.807) is 24.3 Å². The molecule has 0 radical (unpaired) electrons. The first kappa shape index (κ1) is 22.7. The van der Waals surface area contributed by atoms with Crippen LogP contribution in [0.2, 0.25) is 0 Å². The van der Waals surface area contributed by atoms with Crippen molar-refractivity contribution in [3.63, 3.8) is 0 Å². The maximum absolute atomic E-state index is 12.7. The van der Waals surface area contributed by atoms with Crippen molar-refractivity contribution in [2.45, 2.75) is 39.2 Å². The summed E-state index contributed by atoms with van der Waals surface area (Å²) < 4.78 is 31.4. The molecule has 1 atom stereocenters. The number of ether oxygens (including phenoxy) is 1. The first-order valence-electron chi connectivity index (χ1n) is 9.90. The molecule has 0 aliphatic carbocycles. The Kier molecular flexibility index (Phi) is 8.51. The van der Waals surface area contributed by atoms with E-state index in [1.165, 1.54) is 4.31 Å². The van der Waals surface area contributed by atoms with Gasteiger partial charge in [0.1, 0.15) is 11.8 Å². The fourth-order valence-corrected chi connectivity index (χ4v) is 4.39. The van der Waals surface area contributed by atoms with Crippen LogP contribution in [0.4, 0.5) is 5.69 Å². The molecule has 0 aromatic heterocycles. The highest BCUT2D eigenvalue weighted by Gasteiger charge is 2.31. The van der Waals surface area contributed by atoms with E-state index >= 15 is 0 Å². The minimum Gasteiger partial charge on any atom is -0.494 e. The molecule has 0 unspecified atom stereocenters. The fourth-order valence-electron chi connectivity index (χ4n) is 3.18. The molecule has 0 bridgehead atoms. The SMILES string of the molecule is CCOc1ccc(CCCNC(=O)[C@H](CC)N(c2ccccc2)S(C)(=O)=O)cc1. The summed E-state index contributed by atoms with van der Waals surface area (Å²) in [4.78, 5) is 12.7. The Morgan fingerprint density at radius 1 is 1.07 bits per heavy atom. The fraction of sp³-hybridized carbons (Fsp3) is 0.409. The quantitative estimate of drug-likeness (QED) is 0.568. The lowest BCUT2D eigenvalue weighted by Gasteiger charge is -2.30. The van der Waals surface area contributed by atoms with E-state index in [0.29, 0.717) is 25.3 Å². The molecule has 2 rings (SSSR count).